The first-order valence-corrected chi connectivity index (χ1v) is 8.18. The van der Waals surface area contributed by atoms with Crippen LogP contribution >= 0.6 is 0 Å². The summed E-state index contributed by atoms with van der Waals surface area (Å²) in [5.74, 6) is -1.67. The van der Waals surface area contributed by atoms with Gasteiger partial charge in [-0.3, -0.25) is 9.59 Å². The molecular formula is C19H21FN2O4. The molecule has 6 nitrogen and oxygen atoms in total. The Morgan fingerprint density at radius 3 is 2.50 bits per heavy atom. The third kappa shape index (κ3) is 4.56. The predicted octanol–water partition coefficient (Wildman–Crippen LogP) is 2.49. The molecule has 0 fully saturated rings. The molecule has 1 amide bonds. The summed E-state index contributed by atoms with van der Waals surface area (Å²) in [6.07, 6.45) is 0.337. The molecule has 26 heavy (non-hydrogen) atoms. The second-order valence-corrected chi connectivity index (χ2v) is 5.95. The Balaban J connectivity index is 1.84. The molecule has 0 saturated carbocycles. The topological polar surface area (TPSA) is 88.3 Å². The van der Waals surface area contributed by atoms with Crippen molar-refractivity contribution in [1.82, 2.24) is 10.3 Å². The van der Waals surface area contributed by atoms with Crippen molar-refractivity contribution >= 4 is 17.7 Å². The molecule has 0 atom stereocenters. The van der Waals surface area contributed by atoms with Gasteiger partial charge < -0.3 is 15.0 Å². The van der Waals surface area contributed by atoms with Gasteiger partial charge in [-0.2, -0.15) is 0 Å². The number of H-pyrrole nitrogens is 1. The number of hydrogen-bond donors (Lipinski definition) is 2. The van der Waals surface area contributed by atoms with E-state index in [1.807, 2.05) is 0 Å². The average Bonchev–Trinajstić information content (AvgIpc) is 2.89. The fourth-order valence-corrected chi connectivity index (χ4v) is 2.77. The molecule has 1 heterocycles. The van der Waals surface area contributed by atoms with E-state index in [2.05, 4.69) is 10.3 Å². The molecule has 0 unspecified atom stereocenters. The van der Waals surface area contributed by atoms with E-state index in [1.165, 1.54) is 13.0 Å². The van der Waals surface area contributed by atoms with Gasteiger partial charge in [0.2, 0.25) is 0 Å². The number of aromatic amines is 1. The number of hydrogen-bond acceptors (Lipinski definition) is 4. The van der Waals surface area contributed by atoms with Gasteiger partial charge in [0.05, 0.1) is 0 Å². The summed E-state index contributed by atoms with van der Waals surface area (Å²) in [5, 5.41) is 2.57. The van der Waals surface area contributed by atoms with Crippen LogP contribution < -0.4 is 5.32 Å². The van der Waals surface area contributed by atoms with Crippen molar-refractivity contribution in [2.45, 2.75) is 27.2 Å². The standard InChI is InChI=1S/C19H21FN2O4/c1-11-17(13(3)23)12(2)22-18(11)19(25)26-10-16(24)21-9-8-14-6-4-5-7-15(14)20/h4-7,22H,8-10H2,1-3H3,(H,21,24). The first kappa shape index (κ1) is 19.4. The zero-order valence-corrected chi connectivity index (χ0v) is 14.9. The van der Waals surface area contributed by atoms with Crippen molar-refractivity contribution in [1.29, 1.82) is 0 Å². The predicted molar refractivity (Wildman–Crippen MR) is 93.7 cm³/mol. The van der Waals surface area contributed by atoms with Gasteiger partial charge in [0, 0.05) is 17.8 Å². The van der Waals surface area contributed by atoms with Crippen molar-refractivity contribution in [3.63, 3.8) is 0 Å². The lowest BCUT2D eigenvalue weighted by molar-refractivity contribution is -0.124. The molecule has 0 aliphatic heterocycles. The van der Waals surface area contributed by atoms with E-state index in [9.17, 15) is 18.8 Å². The van der Waals surface area contributed by atoms with Crippen molar-refractivity contribution in [3.8, 4) is 0 Å². The molecule has 0 aliphatic rings. The van der Waals surface area contributed by atoms with Crippen LogP contribution in [0.25, 0.3) is 0 Å². The molecule has 0 spiro atoms. The van der Waals surface area contributed by atoms with Crippen LogP contribution in [0.2, 0.25) is 0 Å². The maximum atomic E-state index is 13.5. The molecule has 0 aliphatic carbocycles. The SMILES string of the molecule is CC(=O)c1c(C)[nH]c(C(=O)OCC(=O)NCCc2ccccc2F)c1C. The number of carbonyl (C=O) groups excluding carboxylic acids is 3. The van der Waals surface area contributed by atoms with Crippen LogP contribution in [-0.2, 0) is 16.0 Å². The van der Waals surface area contributed by atoms with E-state index < -0.39 is 18.5 Å². The van der Waals surface area contributed by atoms with Gasteiger partial charge in [0.1, 0.15) is 11.5 Å². The van der Waals surface area contributed by atoms with E-state index in [-0.39, 0.29) is 23.8 Å². The summed E-state index contributed by atoms with van der Waals surface area (Å²) in [4.78, 5) is 38.3. The van der Waals surface area contributed by atoms with Gasteiger partial charge in [0.25, 0.3) is 5.91 Å². The second-order valence-electron chi connectivity index (χ2n) is 5.95. The Bertz CT molecular complexity index is 842. The van der Waals surface area contributed by atoms with Crippen molar-refractivity contribution in [3.05, 3.63) is 58.2 Å². The van der Waals surface area contributed by atoms with E-state index >= 15 is 0 Å². The summed E-state index contributed by atoms with van der Waals surface area (Å²) in [7, 11) is 0. The third-order valence-corrected chi connectivity index (χ3v) is 4.00. The summed E-state index contributed by atoms with van der Waals surface area (Å²) >= 11 is 0. The van der Waals surface area contributed by atoms with E-state index in [4.69, 9.17) is 4.74 Å². The molecule has 2 N–H and O–H groups in total. The van der Waals surface area contributed by atoms with E-state index in [0.717, 1.165) is 0 Å². The molecule has 0 radical (unpaired) electrons. The first-order chi connectivity index (χ1) is 12.3. The summed E-state index contributed by atoms with van der Waals surface area (Å²) in [6, 6.07) is 6.32. The maximum Gasteiger partial charge on any atom is 0.355 e. The number of Topliss-reactive ketones (excluding diaryl/α,β-unsaturated/α-hetero) is 1. The zero-order valence-electron chi connectivity index (χ0n) is 14.9. The van der Waals surface area contributed by atoms with Crippen LogP contribution in [0.4, 0.5) is 4.39 Å². The normalized spacial score (nSPS) is 10.5. The van der Waals surface area contributed by atoms with Crippen molar-refractivity contribution in [2.75, 3.05) is 13.2 Å². The number of ketones is 1. The Hall–Kier alpha value is -2.96. The number of aryl methyl sites for hydroxylation is 1. The maximum absolute atomic E-state index is 13.5. The molecule has 138 valence electrons. The van der Waals surface area contributed by atoms with E-state index in [1.54, 1.807) is 32.0 Å². The highest BCUT2D eigenvalue weighted by atomic mass is 19.1. The quantitative estimate of drug-likeness (QED) is 0.586. The number of nitrogens with one attached hydrogen (secondary N) is 2. The summed E-state index contributed by atoms with van der Waals surface area (Å²) < 4.78 is 18.5. The van der Waals surface area contributed by atoms with E-state index in [0.29, 0.717) is 28.8 Å². The number of aromatic nitrogens is 1. The molecule has 0 bridgehead atoms. The van der Waals surface area contributed by atoms with Gasteiger partial charge >= 0.3 is 5.97 Å². The van der Waals surface area contributed by atoms with Crippen molar-refractivity contribution < 1.29 is 23.5 Å². The highest BCUT2D eigenvalue weighted by molar-refractivity contribution is 6.01. The zero-order chi connectivity index (χ0) is 19.3. The minimum Gasteiger partial charge on any atom is -0.451 e. The summed E-state index contributed by atoms with van der Waals surface area (Å²) in [6.45, 7) is 4.53. The second kappa shape index (κ2) is 8.42. The van der Waals surface area contributed by atoms with Crippen LogP contribution in [-0.4, -0.2) is 35.8 Å². The minimum absolute atomic E-state index is 0.152. The number of esters is 1. The average molecular weight is 360 g/mol. The molecule has 0 saturated heterocycles. The molecule has 2 aromatic rings. The van der Waals surface area contributed by atoms with Crippen LogP contribution in [0.1, 0.15) is 44.6 Å². The molecule has 1 aromatic heterocycles. The van der Waals surface area contributed by atoms with Crippen LogP contribution in [0.5, 0.6) is 0 Å². The minimum atomic E-state index is -0.706. The number of ether oxygens (including phenoxy) is 1. The Morgan fingerprint density at radius 2 is 1.88 bits per heavy atom. The lowest BCUT2D eigenvalue weighted by Gasteiger charge is -2.07. The molecule has 1 aromatic carbocycles. The molecular weight excluding hydrogens is 339 g/mol. The van der Waals surface area contributed by atoms with Gasteiger partial charge in [-0.05, 0) is 44.4 Å². The fourth-order valence-electron chi connectivity index (χ4n) is 2.77. The third-order valence-electron chi connectivity index (χ3n) is 4.00. The number of amides is 1. The number of halogens is 1. The summed E-state index contributed by atoms with van der Waals surface area (Å²) in [5.41, 5.74) is 2.19. The largest absolute Gasteiger partial charge is 0.451 e. The van der Waals surface area contributed by atoms with Gasteiger partial charge in [-0.25, -0.2) is 9.18 Å². The monoisotopic (exact) mass is 360 g/mol. The molecule has 7 heteroatoms. The fraction of sp³-hybridized carbons (Fsp3) is 0.316. The Kier molecular flexibility index (Phi) is 6.27. The van der Waals surface area contributed by atoms with Gasteiger partial charge in [-0.1, -0.05) is 18.2 Å². The Morgan fingerprint density at radius 1 is 1.19 bits per heavy atom. The van der Waals surface area contributed by atoms with Gasteiger partial charge in [0.15, 0.2) is 12.4 Å². The first-order valence-electron chi connectivity index (χ1n) is 8.18. The van der Waals surface area contributed by atoms with Crippen LogP contribution in [0, 0.1) is 19.7 Å². The number of carbonyl (C=O) groups is 3. The van der Waals surface area contributed by atoms with Crippen molar-refractivity contribution in [2.24, 2.45) is 0 Å². The van der Waals surface area contributed by atoms with Crippen LogP contribution in [0.3, 0.4) is 0 Å². The lowest BCUT2D eigenvalue weighted by atomic mass is 10.1. The highest BCUT2D eigenvalue weighted by Crippen LogP contribution is 2.19. The highest BCUT2D eigenvalue weighted by Gasteiger charge is 2.21. The van der Waals surface area contributed by atoms with Crippen LogP contribution in [0.15, 0.2) is 24.3 Å². The smallest absolute Gasteiger partial charge is 0.355 e. The lowest BCUT2D eigenvalue weighted by Crippen LogP contribution is -2.30. The van der Waals surface area contributed by atoms with Gasteiger partial charge in [-0.15, -0.1) is 0 Å². The number of rotatable bonds is 7. The number of benzene rings is 1. The molecule has 2 rings (SSSR count). The Labute approximate surface area is 150 Å².